The largest absolute Gasteiger partial charge is 0.152 e. The summed E-state index contributed by atoms with van der Waals surface area (Å²) in [5.41, 5.74) is 2.93. The standard InChI is InChI=1S/C24H26Si/c1-20(2)21(3)19-25(22-13-7-4-8-14-22,23-15-9-5-10-16-23)24-17-11-6-12-18-24/h4-18H,19H2,1-3H3. The van der Waals surface area contributed by atoms with Gasteiger partial charge in [-0.25, -0.2) is 0 Å². The molecule has 0 atom stereocenters. The molecule has 0 aliphatic heterocycles. The van der Waals surface area contributed by atoms with Crippen molar-refractivity contribution < 1.29 is 0 Å². The van der Waals surface area contributed by atoms with Crippen LogP contribution in [0.4, 0.5) is 0 Å². The Kier molecular flexibility index (Phi) is 5.35. The third-order valence-corrected chi connectivity index (χ3v) is 10.2. The smallest absolute Gasteiger partial charge is 0.0778 e. The van der Waals surface area contributed by atoms with Crippen molar-refractivity contribution >= 4 is 23.6 Å². The van der Waals surface area contributed by atoms with Gasteiger partial charge in [-0.2, -0.15) is 0 Å². The number of allylic oxidation sites excluding steroid dienone is 2. The molecule has 126 valence electrons. The van der Waals surface area contributed by atoms with E-state index in [0.29, 0.717) is 0 Å². The molecule has 0 aliphatic rings. The van der Waals surface area contributed by atoms with E-state index in [1.807, 2.05) is 0 Å². The molecule has 0 saturated carbocycles. The maximum Gasteiger partial charge on any atom is 0.152 e. The molecule has 0 radical (unpaired) electrons. The second-order valence-electron chi connectivity index (χ2n) is 6.96. The first-order valence-corrected chi connectivity index (χ1v) is 11.1. The van der Waals surface area contributed by atoms with Crippen molar-refractivity contribution in [3.05, 3.63) is 102 Å². The van der Waals surface area contributed by atoms with E-state index < -0.39 is 8.07 Å². The Morgan fingerprint density at radius 2 is 0.880 bits per heavy atom. The Balaban J connectivity index is 2.34. The van der Waals surface area contributed by atoms with Gasteiger partial charge in [0.1, 0.15) is 0 Å². The van der Waals surface area contributed by atoms with Gasteiger partial charge in [0, 0.05) is 0 Å². The first kappa shape index (κ1) is 17.4. The van der Waals surface area contributed by atoms with Crippen molar-refractivity contribution in [1.82, 2.24) is 0 Å². The van der Waals surface area contributed by atoms with Crippen molar-refractivity contribution in [2.75, 3.05) is 0 Å². The minimum Gasteiger partial charge on any atom is -0.0778 e. The topological polar surface area (TPSA) is 0 Å². The van der Waals surface area contributed by atoms with Crippen LogP contribution in [0.5, 0.6) is 0 Å². The second kappa shape index (κ2) is 7.67. The van der Waals surface area contributed by atoms with Crippen LogP contribution in [0.3, 0.4) is 0 Å². The molecular weight excluding hydrogens is 316 g/mol. The van der Waals surface area contributed by atoms with Crippen LogP contribution in [-0.4, -0.2) is 8.07 Å². The fraction of sp³-hybridized carbons (Fsp3) is 0.167. The molecule has 3 rings (SSSR count). The van der Waals surface area contributed by atoms with Crippen LogP contribution in [0, 0.1) is 0 Å². The molecule has 0 amide bonds. The van der Waals surface area contributed by atoms with Gasteiger partial charge in [-0.05, 0) is 42.4 Å². The third kappa shape index (κ3) is 3.52. The van der Waals surface area contributed by atoms with Crippen molar-refractivity contribution in [1.29, 1.82) is 0 Å². The Bertz CT molecular complexity index is 732. The van der Waals surface area contributed by atoms with Crippen LogP contribution < -0.4 is 15.6 Å². The van der Waals surface area contributed by atoms with E-state index in [0.717, 1.165) is 6.04 Å². The lowest BCUT2D eigenvalue weighted by molar-refractivity contribution is 1.21. The van der Waals surface area contributed by atoms with Gasteiger partial charge in [0.15, 0.2) is 8.07 Å². The van der Waals surface area contributed by atoms with E-state index in [2.05, 4.69) is 112 Å². The van der Waals surface area contributed by atoms with Crippen LogP contribution in [0.2, 0.25) is 6.04 Å². The normalized spacial score (nSPS) is 11.2. The first-order chi connectivity index (χ1) is 12.1. The molecule has 0 nitrogen and oxygen atoms in total. The summed E-state index contributed by atoms with van der Waals surface area (Å²) in [7, 11) is -2.11. The first-order valence-electron chi connectivity index (χ1n) is 8.94. The van der Waals surface area contributed by atoms with Crippen LogP contribution in [0.1, 0.15) is 20.8 Å². The van der Waals surface area contributed by atoms with Gasteiger partial charge in [-0.1, -0.05) is 102 Å². The van der Waals surface area contributed by atoms with E-state index in [9.17, 15) is 0 Å². The van der Waals surface area contributed by atoms with E-state index in [1.54, 1.807) is 0 Å². The van der Waals surface area contributed by atoms with Crippen LogP contribution in [-0.2, 0) is 0 Å². The summed E-state index contributed by atoms with van der Waals surface area (Å²) in [5, 5.41) is 4.44. The molecule has 0 heterocycles. The highest BCUT2D eigenvalue weighted by Gasteiger charge is 2.39. The minimum absolute atomic E-state index is 1.12. The summed E-state index contributed by atoms with van der Waals surface area (Å²) < 4.78 is 0. The van der Waals surface area contributed by atoms with Gasteiger partial charge in [0.2, 0.25) is 0 Å². The SMILES string of the molecule is CC(C)=C(C)C[Si](c1ccccc1)(c1ccccc1)c1ccccc1. The molecule has 0 spiro atoms. The molecule has 0 fully saturated rings. The van der Waals surface area contributed by atoms with Crippen LogP contribution >= 0.6 is 0 Å². The Morgan fingerprint density at radius 1 is 0.560 bits per heavy atom. The third-order valence-electron chi connectivity index (χ3n) is 5.18. The molecule has 3 aromatic carbocycles. The van der Waals surface area contributed by atoms with Gasteiger partial charge in [-0.3, -0.25) is 0 Å². The molecule has 0 unspecified atom stereocenters. The van der Waals surface area contributed by atoms with Gasteiger partial charge < -0.3 is 0 Å². The van der Waals surface area contributed by atoms with Gasteiger partial charge in [-0.15, -0.1) is 0 Å². The number of benzene rings is 3. The molecule has 3 aromatic rings. The van der Waals surface area contributed by atoms with Gasteiger partial charge in [0.25, 0.3) is 0 Å². The Hall–Kier alpha value is -2.38. The van der Waals surface area contributed by atoms with Crippen molar-refractivity contribution in [2.24, 2.45) is 0 Å². The van der Waals surface area contributed by atoms with E-state index in [4.69, 9.17) is 0 Å². The number of hydrogen-bond acceptors (Lipinski definition) is 0. The lowest BCUT2D eigenvalue weighted by Gasteiger charge is -2.34. The number of hydrogen-bond donors (Lipinski definition) is 0. The minimum atomic E-state index is -2.11. The summed E-state index contributed by atoms with van der Waals surface area (Å²) in [6.45, 7) is 6.76. The maximum absolute atomic E-state index is 2.32. The average Bonchev–Trinajstić information content (AvgIpc) is 2.68. The summed E-state index contributed by atoms with van der Waals surface area (Å²) in [6, 6.07) is 34.5. The summed E-state index contributed by atoms with van der Waals surface area (Å²) in [6.07, 6.45) is 0. The second-order valence-corrected chi connectivity index (χ2v) is 10.9. The van der Waals surface area contributed by atoms with Crippen molar-refractivity contribution in [2.45, 2.75) is 26.8 Å². The highest BCUT2D eigenvalue weighted by Crippen LogP contribution is 2.20. The molecule has 1 heteroatoms. The van der Waals surface area contributed by atoms with Crippen LogP contribution in [0.25, 0.3) is 0 Å². The predicted octanol–water partition coefficient (Wildman–Crippen LogP) is 4.51. The predicted molar refractivity (Wildman–Crippen MR) is 113 cm³/mol. The molecule has 0 N–H and O–H groups in total. The van der Waals surface area contributed by atoms with Crippen molar-refractivity contribution in [3.8, 4) is 0 Å². The zero-order chi connectivity index (χ0) is 17.7. The van der Waals surface area contributed by atoms with Crippen molar-refractivity contribution in [3.63, 3.8) is 0 Å². The molecule has 0 bridgehead atoms. The maximum atomic E-state index is 2.32. The monoisotopic (exact) mass is 342 g/mol. The van der Waals surface area contributed by atoms with Gasteiger partial charge in [0.05, 0.1) is 0 Å². The van der Waals surface area contributed by atoms with E-state index in [-0.39, 0.29) is 0 Å². The zero-order valence-electron chi connectivity index (χ0n) is 15.4. The molecule has 0 aromatic heterocycles. The quantitative estimate of drug-likeness (QED) is 0.363. The average molecular weight is 343 g/mol. The highest BCUT2D eigenvalue weighted by molar-refractivity contribution is 7.11. The fourth-order valence-corrected chi connectivity index (χ4v) is 8.59. The molecule has 25 heavy (non-hydrogen) atoms. The molecular formula is C24H26Si. The Morgan fingerprint density at radius 3 is 1.16 bits per heavy atom. The summed E-state index contributed by atoms with van der Waals surface area (Å²) >= 11 is 0. The molecule has 0 aliphatic carbocycles. The lowest BCUT2D eigenvalue weighted by atomic mass is 10.2. The number of rotatable bonds is 5. The zero-order valence-corrected chi connectivity index (χ0v) is 16.4. The summed E-state index contributed by atoms with van der Waals surface area (Å²) in [5.74, 6) is 0. The highest BCUT2D eigenvalue weighted by atomic mass is 28.3. The van der Waals surface area contributed by atoms with Gasteiger partial charge >= 0.3 is 0 Å². The van der Waals surface area contributed by atoms with E-state index in [1.165, 1.54) is 26.7 Å². The Labute approximate surface area is 152 Å². The molecule has 0 saturated heterocycles. The van der Waals surface area contributed by atoms with E-state index >= 15 is 0 Å². The fourth-order valence-electron chi connectivity index (χ4n) is 3.55. The lowest BCUT2D eigenvalue weighted by Crippen LogP contribution is -2.67. The summed E-state index contributed by atoms with van der Waals surface area (Å²) in [4.78, 5) is 0. The van der Waals surface area contributed by atoms with Crippen LogP contribution in [0.15, 0.2) is 102 Å².